The molecule has 3 aromatic rings. The Morgan fingerprint density at radius 1 is 1.29 bits per heavy atom. The zero-order valence-electron chi connectivity index (χ0n) is 17.3. The lowest BCUT2D eigenvalue weighted by Gasteiger charge is -2.65. The van der Waals surface area contributed by atoms with Crippen molar-refractivity contribution in [3.8, 4) is 10.6 Å². The van der Waals surface area contributed by atoms with E-state index in [9.17, 15) is 4.79 Å². The molecular weight excluding hydrogens is 428 g/mol. The van der Waals surface area contributed by atoms with Gasteiger partial charge in [-0.1, -0.05) is 0 Å². The first kappa shape index (κ1) is 18.6. The molecule has 0 spiro atoms. The molecule has 3 aromatic heterocycles. The molecule has 0 aromatic carbocycles. The number of amides is 1. The number of nitrogens with one attached hydrogen (secondary N) is 2. The minimum absolute atomic E-state index is 0.134. The van der Waals surface area contributed by atoms with Crippen molar-refractivity contribution in [3.05, 3.63) is 28.9 Å². The van der Waals surface area contributed by atoms with Gasteiger partial charge in [0.15, 0.2) is 0 Å². The van der Waals surface area contributed by atoms with Crippen LogP contribution in [0.25, 0.3) is 20.8 Å². The van der Waals surface area contributed by atoms with Gasteiger partial charge < -0.3 is 10.6 Å². The van der Waals surface area contributed by atoms with E-state index in [0.29, 0.717) is 6.42 Å². The number of piperazine rings is 1. The van der Waals surface area contributed by atoms with Gasteiger partial charge in [-0.3, -0.25) is 9.78 Å². The second-order valence-electron chi connectivity index (χ2n) is 9.24. The smallest absolute Gasteiger partial charge is 0.230 e. The molecule has 7 heterocycles. The number of anilines is 1. The van der Waals surface area contributed by atoms with E-state index in [1.54, 1.807) is 22.7 Å². The zero-order chi connectivity index (χ0) is 20.6. The van der Waals surface area contributed by atoms with E-state index in [1.807, 2.05) is 18.5 Å². The summed E-state index contributed by atoms with van der Waals surface area (Å²) in [5.74, 6) is 0.134. The highest BCUT2D eigenvalue weighted by molar-refractivity contribution is 7.22. The van der Waals surface area contributed by atoms with Gasteiger partial charge in [-0.25, -0.2) is 9.58 Å². The monoisotopic (exact) mass is 453 g/mol. The minimum atomic E-state index is 0.134. The lowest BCUT2D eigenvalue weighted by Crippen LogP contribution is -2.87. The van der Waals surface area contributed by atoms with Crippen molar-refractivity contribution in [1.82, 2.24) is 20.3 Å². The normalized spacial score (nSPS) is 28.6. The molecule has 4 aliphatic rings. The van der Waals surface area contributed by atoms with E-state index < -0.39 is 0 Å². The summed E-state index contributed by atoms with van der Waals surface area (Å²) in [7, 11) is 0. The molecule has 7 rings (SSSR count). The SMILES string of the molecule is O=C(CC[N+]12C[C@H]3CC[C@@H](C1)N32)Nc1sc2c(c1-c1nc3cnccc3s1)CCNC2. The Kier molecular flexibility index (Phi) is 4.08. The maximum atomic E-state index is 13.0. The molecule has 1 amide bonds. The lowest BCUT2D eigenvalue weighted by atomic mass is 10.0. The van der Waals surface area contributed by atoms with E-state index >= 15 is 0 Å². The van der Waals surface area contributed by atoms with E-state index in [2.05, 4.69) is 20.6 Å². The van der Waals surface area contributed by atoms with Gasteiger partial charge in [0.25, 0.3) is 0 Å². The van der Waals surface area contributed by atoms with Gasteiger partial charge in [-0.05, 0) is 37.4 Å². The van der Waals surface area contributed by atoms with Gasteiger partial charge in [0.1, 0.15) is 47.2 Å². The molecule has 9 heteroatoms. The first-order valence-electron chi connectivity index (χ1n) is 11.2. The fraction of sp³-hybridized carbons (Fsp3) is 0.500. The van der Waals surface area contributed by atoms with Crippen LogP contribution in [0.2, 0.25) is 0 Å². The molecular formula is C22H25N6OS2+. The Morgan fingerprint density at radius 2 is 2.16 bits per heavy atom. The first-order valence-corrected chi connectivity index (χ1v) is 12.8. The third kappa shape index (κ3) is 2.77. The number of carbonyl (C=O) groups is 1. The fourth-order valence-electron chi connectivity index (χ4n) is 6.18. The largest absolute Gasteiger partial charge is 0.317 e. The van der Waals surface area contributed by atoms with Crippen molar-refractivity contribution in [2.24, 2.45) is 0 Å². The van der Waals surface area contributed by atoms with Gasteiger partial charge >= 0.3 is 0 Å². The minimum Gasteiger partial charge on any atom is -0.317 e. The molecule has 0 radical (unpaired) electrons. The van der Waals surface area contributed by atoms with Gasteiger partial charge in [0.2, 0.25) is 5.91 Å². The average Bonchev–Trinajstić information content (AvgIpc) is 3.36. The summed E-state index contributed by atoms with van der Waals surface area (Å²) in [4.78, 5) is 23.4. The quantitative estimate of drug-likeness (QED) is 0.582. The first-order chi connectivity index (χ1) is 15.2. The molecule has 3 fully saturated rings. The van der Waals surface area contributed by atoms with Crippen LogP contribution in [0, 0.1) is 0 Å². The molecule has 0 aliphatic carbocycles. The highest BCUT2D eigenvalue weighted by atomic mass is 32.1. The van der Waals surface area contributed by atoms with E-state index in [4.69, 9.17) is 4.98 Å². The highest BCUT2D eigenvalue weighted by Crippen LogP contribution is 2.49. The summed E-state index contributed by atoms with van der Waals surface area (Å²) in [6.45, 7) is 5.26. The number of hydrogen-bond acceptors (Lipinski definition) is 7. The third-order valence-electron chi connectivity index (χ3n) is 7.51. The average molecular weight is 454 g/mol. The highest BCUT2D eigenvalue weighted by Gasteiger charge is 2.68. The molecule has 7 nitrogen and oxygen atoms in total. The molecule has 1 unspecified atom stereocenters. The number of quaternary nitrogens is 1. The van der Waals surface area contributed by atoms with Crippen molar-refractivity contribution < 1.29 is 9.39 Å². The van der Waals surface area contributed by atoms with Crippen molar-refractivity contribution in [2.75, 3.05) is 31.5 Å². The Bertz CT molecular complexity index is 1160. The Hall–Kier alpha value is -1.91. The van der Waals surface area contributed by atoms with E-state index in [0.717, 1.165) is 68.5 Å². The van der Waals surface area contributed by atoms with E-state index in [1.165, 1.54) is 36.4 Å². The van der Waals surface area contributed by atoms with Crippen LogP contribution in [-0.4, -0.2) is 63.7 Å². The number of nitrogens with zero attached hydrogens (tertiary/aromatic N) is 4. The van der Waals surface area contributed by atoms with Crippen molar-refractivity contribution >= 4 is 43.8 Å². The zero-order valence-corrected chi connectivity index (χ0v) is 18.9. The van der Waals surface area contributed by atoms with Crippen LogP contribution in [-0.2, 0) is 17.8 Å². The van der Waals surface area contributed by atoms with Gasteiger partial charge in [0, 0.05) is 23.2 Å². The molecule has 160 valence electrons. The Labute approximate surface area is 188 Å². The van der Waals surface area contributed by atoms with Crippen LogP contribution in [0.3, 0.4) is 0 Å². The number of rotatable bonds is 5. The summed E-state index contributed by atoms with van der Waals surface area (Å²) >= 11 is 3.40. The maximum Gasteiger partial charge on any atom is 0.230 e. The van der Waals surface area contributed by atoms with Crippen LogP contribution < -0.4 is 10.6 Å². The summed E-state index contributed by atoms with van der Waals surface area (Å²) in [6, 6.07) is 3.60. The Morgan fingerprint density at radius 3 is 3.00 bits per heavy atom. The van der Waals surface area contributed by atoms with Crippen LogP contribution in [0.15, 0.2) is 18.5 Å². The van der Waals surface area contributed by atoms with Gasteiger partial charge in [0.05, 0.1) is 17.3 Å². The molecule has 31 heavy (non-hydrogen) atoms. The van der Waals surface area contributed by atoms with Gasteiger partial charge in [-0.2, -0.15) is 0 Å². The third-order valence-corrected chi connectivity index (χ3v) is 9.71. The van der Waals surface area contributed by atoms with Crippen LogP contribution in [0.5, 0.6) is 0 Å². The number of fused-ring (bicyclic) bond motifs is 2. The summed E-state index contributed by atoms with van der Waals surface area (Å²) in [5.41, 5.74) is 3.41. The number of thiophene rings is 1. The molecule has 3 atom stereocenters. The number of hydrogen-bond donors (Lipinski definition) is 2. The van der Waals surface area contributed by atoms with Crippen molar-refractivity contribution in [3.63, 3.8) is 0 Å². The second kappa shape index (κ2) is 6.79. The molecule has 0 saturated carbocycles. The Balaban J connectivity index is 1.15. The van der Waals surface area contributed by atoms with Crippen molar-refractivity contribution in [2.45, 2.75) is 44.3 Å². The number of thiazole rings is 1. The van der Waals surface area contributed by atoms with E-state index in [-0.39, 0.29) is 5.91 Å². The summed E-state index contributed by atoms with van der Waals surface area (Å²) < 4.78 is 2.20. The number of carbonyl (C=O) groups excluding carboxylic acids is 1. The number of pyridine rings is 1. The number of aromatic nitrogens is 2. The fourth-order valence-corrected chi connectivity index (χ4v) is 8.49. The molecule has 4 aliphatic heterocycles. The maximum absolute atomic E-state index is 13.0. The van der Waals surface area contributed by atoms with Crippen LogP contribution in [0.4, 0.5) is 5.00 Å². The summed E-state index contributed by atoms with van der Waals surface area (Å²) in [6.07, 6.45) is 7.90. The van der Waals surface area contributed by atoms with Gasteiger partial charge in [-0.15, -0.1) is 27.7 Å². The summed E-state index contributed by atoms with van der Waals surface area (Å²) in [5, 5.41) is 11.4. The van der Waals surface area contributed by atoms with Crippen LogP contribution >= 0.6 is 22.7 Å². The predicted octanol–water partition coefficient (Wildman–Crippen LogP) is 2.99. The predicted molar refractivity (Wildman–Crippen MR) is 123 cm³/mol. The molecule has 2 N–H and O–H groups in total. The van der Waals surface area contributed by atoms with Crippen LogP contribution in [0.1, 0.15) is 29.7 Å². The van der Waals surface area contributed by atoms with Crippen molar-refractivity contribution in [1.29, 1.82) is 0 Å². The molecule has 3 saturated heterocycles. The lowest BCUT2D eigenvalue weighted by molar-refractivity contribution is -1.13. The second-order valence-corrected chi connectivity index (χ2v) is 11.4. The standard InChI is InChI=1S/C22H24N6OS2/c29-19(5-8-28-11-13-1-2-14(12-28)27(13)28)26-22-20(15-3-6-24-10-18(15)31-22)21-25-16-9-23-7-4-17(16)30-21/h4,7,9,13-14,24H,1-3,5-6,8,10-12H2/p+1/t13-,14+,28?. The topological polar surface area (TPSA) is 70.2 Å². The molecule has 0 bridgehead atoms.